The summed E-state index contributed by atoms with van der Waals surface area (Å²) in [5.74, 6) is -0.840. The normalized spacial score (nSPS) is 15.2. The summed E-state index contributed by atoms with van der Waals surface area (Å²) in [5, 5.41) is 12.7. The average molecular weight is 237 g/mol. The topological polar surface area (TPSA) is 75.4 Å². The Labute approximate surface area is 98.8 Å². The zero-order valence-corrected chi connectivity index (χ0v) is 9.88. The maximum absolute atomic E-state index is 12.1. The fraction of sp³-hybridized carbons (Fsp3) is 0.545. The van der Waals surface area contributed by atoms with Crippen LogP contribution in [0.4, 0.5) is 0 Å². The summed E-state index contributed by atoms with van der Waals surface area (Å²) in [6, 6.07) is 1.34. The van der Waals surface area contributed by atoms with Crippen LogP contribution in [-0.2, 0) is 6.54 Å². The van der Waals surface area contributed by atoms with Crippen LogP contribution in [0, 0.1) is 5.92 Å². The number of carbonyl (C=O) groups excluding carboxylic acids is 1. The Kier molecular flexibility index (Phi) is 2.87. The zero-order valence-electron chi connectivity index (χ0n) is 9.88. The van der Waals surface area contributed by atoms with Gasteiger partial charge in [-0.2, -0.15) is 5.10 Å². The van der Waals surface area contributed by atoms with Gasteiger partial charge in [-0.3, -0.25) is 9.48 Å². The predicted molar refractivity (Wildman–Crippen MR) is 59.9 cm³/mol. The second-order valence-electron chi connectivity index (χ2n) is 4.59. The number of amides is 1. The lowest BCUT2D eigenvalue weighted by molar-refractivity contribution is 0.0666. The Bertz CT molecular complexity index is 465. The molecule has 1 N–H and O–H groups in total. The van der Waals surface area contributed by atoms with E-state index in [1.165, 1.54) is 10.7 Å². The minimum atomic E-state index is -1.10. The number of hydrogen-bond donors (Lipinski definition) is 1. The van der Waals surface area contributed by atoms with Crippen LogP contribution in [0.25, 0.3) is 0 Å². The second kappa shape index (κ2) is 4.20. The number of rotatable bonds is 3. The van der Waals surface area contributed by atoms with E-state index in [0.717, 1.165) is 0 Å². The number of aromatic carboxylic acids is 1. The van der Waals surface area contributed by atoms with Crippen molar-refractivity contribution in [1.82, 2.24) is 14.7 Å². The van der Waals surface area contributed by atoms with Crippen LogP contribution in [0.2, 0.25) is 0 Å². The lowest BCUT2D eigenvalue weighted by Gasteiger charge is -2.28. The summed E-state index contributed by atoms with van der Waals surface area (Å²) in [7, 11) is 0. The number of carboxylic acids is 1. The summed E-state index contributed by atoms with van der Waals surface area (Å²) in [4.78, 5) is 24.6. The van der Waals surface area contributed by atoms with Crippen molar-refractivity contribution in [1.29, 1.82) is 0 Å². The summed E-state index contributed by atoms with van der Waals surface area (Å²) in [5.41, 5.74) is 0.300. The van der Waals surface area contributed by atoms with Crippen molar-refractivity contribution >= 4 is 11.9 Å². The van der Waals surface area contributed by atoms with Gasteiger partial charge in [-0.25, -0.2) is 4.79 Å². The summed E-state index contributed by atoms with van der Waals surface area (Å²) in [6.07, 6.45) is 0. The first-order valence-electron chi connectivity index (χ1n) is 5.59. The average Bonchev–Trinajstić information content (AvgIpc) is 2.66. The lowest BCUT2D eigenvalue weighted by atomic mass is 10.2. The van der Waals surface area contributed by atoms with E-state index in [4.69, 9.17) is 5.11 Å². The highest BCUT2D eigenvalue weighted by atomic mass is 16.4. The standard InChI is InChI=1S/C11H15N3O3/c1-7(2)6-13-3-4-14-9(10(13)15)5-8(12-14)11(16)17/h5,7H,3-4,6H2,1-2H3,(H,16,17). The van der Waals surface area contributed by atoms with Gasteiger partial charge in [0, 0.05) is 19.2 Å². The molecule has 1 aromatic rings. The summed E-state index contributed by atoms with van der Waals surface area (Å²) in [6.45, 7) is 5.92. The van der Waals surface area contributed by atoms with Crippen LogP contribution < -0.4 is 0 Å². The van der Waals surface area contributed by atoms with Crippen LogP contribution in [0.1, 0.15) is 34.8 Å². The third kappa shape index (κ3) is 2.15. The highest BCUT2D eigenvalue weighted by Crippen LogP contribution is 2.15. The van der Waals surface area contributed by atoms with Crippen molar-refractivity contribution in [3.05, 3.63) is 17.5 Å². The molecule has 0 fully saturated rings. The summed E-state index contributed by atoms with van der Waals surface area (Å²) >= 11 is 0. The minimum Gasteiger partial charge on any atom is -0.476 e. The molecule has 0 bridgehead atoms. The predicted octanol–water partition coefficient (Wildman–Crippen LogP) is 0.693. The fourth-order valence-corrected chi connectivity index (χ4v) is 1.96. The molecule has 0 radical (unpaired) electrons. The molecule has 0 aromatic carbocycles. The van der Waals surface area contributed by atoms with Crippen molar-refractivity contribution in [2.24, 2.45) is 5.92 Å². The smallest absolute Gasteiger partial charge is 0.356 e. The third-order valence-corrected chi connectivity index (χ3v) is 2.67. The lowest BCUT2D eigenvalue weighted by Crippen LogP contribution is -2.42. The number of carboxylic acid groups (broad SMARTS) is 1. The quantitative estimate of drug-likeness (QED) is 0.839. The summed E-state index contributed by atoms with van der Waals surface area (Å²) < 4.78 is 1.47. The van der Waals surface area contributed by atoms with Crippen molar-refractivity contribution < 1.29 is 14.7 Å². The van der Waals surface area contributed by atoms with Crippen LogP contribution in [0.15, 0.2) is 6.07 Å². The molecule has 2 heterocycles. The number of aromatic nitrogens is 2. The Balaban J connectivity index is 2.26. The van der Waals surface area contributed by atoms with Crippen molar-refractivity contribution in [3.63, 3.8) is 0 Å². The van der Waals surface area contributed by atoms with Crippen LogP contribution in [0.3, 0.4) is 0 Å². The molecule has 1 aliphatic heterocycles. The molecule has 17 heavy (non-hydrogen) atoms. The van der Waals surface area contributed by atoms with Crippen LogP contribution >= 0.6 is 0 Å². The Morgan fingerprint density at radius 2 is 2.24 bits per heavy atom. The number of carbonyl (C=O) groups is 2. The molecule has 1 amide bonds. The van der Waals surface area contributed by atoms with Gasteiger partial charge < -0.3 is 10.0 Å². The molecule has 0 aliphatic carbocycles. The molecule has 92 valence electrons. The third-order valence-electron chi connectivity index (χ3n) is 2.67. The van der Waals surface area contributed by atoms with Gasteiger partial charge in [0.1, 0.15) is 5.69 Å². The Hall–Kier alpha value is -1.85. The van der Waals surface area contributed by atoms with Crippen molar-refractivity contribution in [2.45, 2.75) is 20.4 Å². The maximum atomic E-state index is 12.1. The molecule has 1 aromatic heterocycles. The number of fused-ring (bicyclic) bond motifs is 1. The van der Waals surface area contributed by atoms with E-state index in [-0.39, 0.29) is 11.6 Å². The van der Waals surface area contributed by atoms with Gasteiger partial charge in [-0.15, -0.1) is 0 Å². The van der Waals surface area contributed by atoms with Crippen LogP contribution in [0.5, 0.6) is 0 Å². The van der Waals surface area contributed by atoms with E-state index in [0.29, 0.717) is 31.2 Å². The fourth-order valence-electron chi connectivity index (χ4n) is 1.96. The zero-order chi connectivity index (χ0) is 12.6. The minimum absolute atomic E-state index is 0.0697. The second-order valence-corrected chi connectivity index (χ2v) is 4.59. The molecular weight excluding hydrogens is 222 g/mol. The van der Waals surface area contributed by atoms with Gasteiger partial charge in [0.2, 0.25) is 0 Å². The first-order chi connectivity index (χ1) is 7.99. The van der Waals surface area contributed by atoms with Crippen molar-refractivity contribution in [3.8, 4) is 0 Å². The molecule has 0 atom stereocenters. The number of hydrogen-bond acceptors (Lipinski definition) is 3. The van der Waals surface area contributed by atoms with Crippen molar-refractivity contribution in [2.75, 3.05) is 13.1 Å². The van der Waals surface area contributed by atoms with Gasteiger partial charge in [0.15, 0.2) is 5.69 Å². The Morgan fingerprint density at radius 3 is 2.82 bits per heavy atom. The molecule has 0 saturated carbocycles. The molecule has 2 rings (SSSR count). The van der Waals surface area contributed by atoms with Crippen LogP contribution in [-0.4, -0.2) is 44.8 Å². The monoisotopic (exact) mass is 237 g/mol. The first-order valence-corrected chi connectivity index (χ1v) is 5.59. The van der Waals surface area contributed by atoms with Gasteiger partial charge >= 0.3 is 5.97 Å². The number of nitrogens with zero attached hydrogens (tertiary/aromatic N) is 3. The largest absolute Gasteiger partial charge is 0.476 e. The van der Waals surface area contributed by atoms with E-state index < -0.39 is 5.97 Å². The molecule has 6 heteroatoms. The van der Waals surface area contributed by atoms with E-state index in [9.17, 15) is 9.59 Å². The highest BCUT2D eigenvalue weighted by molar-refractivity contribution is 5.96. The molecular formula is C11H15N3O3. The molecule has 0 saturated heterocycles. The van der Waals surface area contributed by atoms with E-state index >= 15 is 0 Å². The molecule has 1 aliphatic rings. The SMILES string of the molecule is CC(C)CN1CCn2nc(C(=O)O)cc2C1=O. The van der Waals surface area contributed by atoms with E-state index in [2.05, 4.69) is 5.10 Å². The Morgan fingerprint density at radius 1 is 1.53 bits per heavy atom. The first kappa shape index (κ1) is 11.6. The molecule has 0 unspecified atom stereocenters. The van der Waals surface area contributed by atoms with Gasteiger partial charge in [-0.05, 0) is 5.92 Å². The van der Waals surface area contributed by atoms with Gasteiger partial charge in [-0.1, -0.05) is 13.8 Å². The van der Waals surface area contributed by atoms with Gasteiger partial charge in [0.05, 0.1) is 6.54 Å². The highest BCUT2D eigenvalue weighted by Gasteiger charge is 2.27. The van der Waals surface area contributed by atoms with E-state index in [1.807, 2.05) is 13.8 Å². The maximum Gasteiger partial charge on any atom is 0.356 e. The van der Waals surface area contributed by atoms with E-state index in [1.54, 1.807) is 4.90 Å². The van der Waals surface area contributed by atoms with Gasteiger partial charge in [0.25, 0.3) is 5.91 Å². The molecule has 0 spiro atoms. The molecule has 6 nitrogen and oxygen atoms in total.